The summed E-state index contributed by atoms with van der Waals surface area (Å²) in [6.45, 7) is 4.11. The maximum atomic E-state index is 12.7. The summed E-state index contributed by atoms with van der Waals surface area (Å²) in [4.78, 5) is 16.9. The summed E-state index contributed by atoms with van der Waals surface area (Å²) in [5.74, 6) is 1.69. The highest BCUT2D eigenvalue weighted by Crippen LogP contribution is 2.29. The second-order valence-electron chi connectivity index (χ2n) is 5.44. The first-order valence-corrected chi connectivity index (χ1v) is 8.14. The normalized spacial score (nSPS) is 10.4. The minimum Gasteiger partial charge on any atom is -0.493 e. The van der Waals surface area contributed by atoms with E-state index in [4.69, 9.17) is 14.0 Å². The fourth-order valence-electron chi connectivity index (χ4n) is 2.47. The molecule has 0 aliphatic carbocycles. The number of hydrogen-bond donors (Lipinski definition) is 1. The van der Waals surface area contributed by atoms with Gasteiger partial charge in [0, 0.05) is 18.1 Å². The zero-order valence-electron chi connectivity index (χ0n) is 14.8. The number of nitrogens with one attached hydrogen (secondary N) is 1. The van der Waals surface area contributed by atoms with Crippen LogP contribution in [0.1, 0.15) is 23.2 Å². The SMILES string of the molecule is CCOc1ccc(C(=O)Nc2ccccc2-c2noc(C)n2)cc1OC. The molecule has 0 spiro atoms. The number of amides is 1. The molecule has 0 unspecified atom stereocenters. The van der Waals surface area contributed by atoms with Crippen LogP contribution in [0.15, 0.2) is 47.0 Å². The average molecular weight is 353 g/mol. The van der Waals surface area contributed by atoms with E-state index < -0.39 is 0 Å². The van der Waals surface area contributed by atoms with Gasteiger partial charge >= 0.3 is 0 Å². The Bertz CT molecular complexity index is 921. The van der Waals surface area contributed by atoms with Crippen LogP contribution in [-0.4, -0.2) is 29.8 Å². The van der Waals surface area contributed by atoms with Gasteiger partial charge in [-0.3, -0.25) is 4.79 Å². The van der Waals surface area contributed by atoms with E-state index >= 15 is 0 Å². The monoisotopic (exact) mass is 353 g/mol. The first-order chi connectivity index (χ1) is 12.6. The quantitative estimate of drug-likeness (QED) is 0.727. The number of methoxy groups -OCH3 is 1. The molecule has 3 rings (SSSR count). The highest BCUT2D eigenvalue weighted by atomic mass is 16.5. The van der Waals surface area contributed by atoms with E-state index in [1.54, 1.807) is 31.2 Å². The van der Waals surface area contributed by atoms with Crippen LogP contribution in [-0.2, 0) is 0 Å². The number of hydrogen-bond acceptors (Lipinski definition) is 6. The Balaban J connectivity index is 1.87. The summed E-state index contributed by atoms with van der Waals surface area (Å²) in [7, 11) is 1.54. The van der Waals surface area contributed by atoms with Gasteiger partial charge in [0.2, 0.25) is 11.7 Å². The number of anilines is 1. The lowest BCUT2D eigenvalue weighted by Crippen LogP contribution is -2.13. The van der Waals surface area contributed by atoms with E-state index in [0.29, 0.717) is 46.6 Å². The van der Waals surface area contributed by atoms with Crippen molar-refractivity contribution < 1.29 is 18.8 Å². The zero-order chi connectivity index (χ0) is 18.5. The Kier molecular flexibility index (Phi) is 5.17. The molecule has 0 saturated carbocycles. The molecule has 26 heavy (non-hydrogen) atoms. The average Bonchev–Trinajstić information content (AvgIpc) is 3.09. The first kappa shape index (κ1) is 17.5. The van der Waals surface area contributed by atoms with E-state index in [2.05, 4.69) is 15.5 Å². The van der Waals surface area contributed by atoms with Gasteiger partial charge in [0.1, 0.15) is 0 Å². The van der Waals surface area contributed by atoms with Crippen molar-refractivity contribution in [2.24, 2.45) is 0 Å². The molecule has 0 fully saturated rings. The third kappa shape index (κ3) is 3.66. The summed E-state index contributed by atoms with van der Waals surface area (Å²) in [5.41, 5.74) is 1.71. The standard InChI is InChI=1S/C19H19N3O4/c1-4-25-16-10-9-13(11-17(16)24-3)19(23)21-15-8-6-5-7-14(15)18-20-12(2)26-22-18/h5-11H,4H2,1-3H3,(H,21,23). The van der Waals surface area contributed by atoms with Gasteiger partial charge in [-0.25, -0.2) is 0 Å². The molecular weight excluding hydrogens is 334 g/mol. The summed E-state index contributed by atoms with van der Waals surface area (Å²) in [5, 5.41) is 6.79. The topological polar surface area (TPSA) is 86.5 Å². The third-order valence-electron chi connectivity index (χ3n) is 3.67. The molecule has 0 radical (unpaired) electrons. The molecule has 134 valence electrons. The number of nitrogens with zero attached hydrogens (tertiary/aromatic N) is 2. The molecule has 7 nitrogen and oxygen atoms in total. The number of benzene rings is 2. The molecule has 0 aliphatic heterocycles. The summed E-state index contributed by atoms with van der Waals surface area (Å²) < 4.78 is 15.8. The van der Waals surface area contributed by atoms with Crippen LogP contribution in [0.5, 0.6) is 11.5 Å². The van der Waals surface area contributed by atoms with Crippen molar-refractivity contribution in [1.82, 2.24) is 10.1 Å². The van der Waals surface area contributed by atoms with Gasteiger partial charge in [0.15, 0.2) is 11.5 Å². The molecular formula is C19H19N3O4. The molecule has 1 N–H and O–H groups in total. The zero-order valence-corrected chi connectivity index (χ0v) is 14.8. The number of carbonyl (C=O) groups is 1. The minimum atomic E-state index is -0.279. The molecule has 1 heterocycles. The number of rotatable bonds is 6. The van der Waals surface area contributed by atoms with Crippen LogP contribution in [0.3, 0.4) is 0 Å². The van der Waals surface area contributed by atoms with Gasteiger partial charge < -0.3 is 19.3 Å². The van der Waals surface area contributed by atoms with Crippen molar-refractivity contribution in [3.8, 4) is 22.9 Å². The van der Waals surface area contributed by atoms with Crippen LogP contribution in [0.25, 0.3) is 11.4 Å². The molecule has 2 aromatic carbocycles. The van der Waals surface area contributed by atoms with Crippen molar-refractivity contribution in [2.75, 3.05) is 19.0 Å². The molecule has 0 aliphatic rings. The van der Waals surface area contributed by atoms with Crippen LogP contribution in [0.2, 0.25) is 0 Å². The Morgan fingerprint density at radius 2 is 2.00 bits per heavy atom. The maximum absolute atomic E-state index is 12.7. The minimum absolute atomic E-state index is 0.279. The van der Waals surface area contributed by atoms with E-state index in [9.17, 15) is 4.79 Å². The Morgan fingerprint density at radius 1 is 1.19 bits per heavy atom. The van der Waals surface area contributed by atoms with Crippen molar-refractivity contribution in [3.05, 3.63) is 53.9 Å². The number of aromatic nitrogens is 2. The molecule has 3 aromatic rings. The summed E-state index contributed by atoms with van der Waals surface area (Å²) in [6.07, 6.45) is 0. The van der Waals surface area contributed by atoms with E-state index in [1.807, 2.05) is 25.1 Å². The van der Waals surface area contributed by atoms with Gasteiger partial charge in [-0.1, -0.05) is 17.3 Å². The van der Waals surface area contributed by atoms with Crippen molar-refractivity contribution in [1.29, 1.82) is 0 Å². The van der Waals surface area contributed by atoms with E-state index in [-0.39, 0.29) is 5.91 Å². The van der Waals surface area contributed by atoms with E-state index in [1.165, 1.54) is 7.11 Å². The van der Waals surface area contributed by atoms with Crippen molar-refractivity contribution in [2.45, 2.75) is 13.8 Å². The fraction of sp³-hybridized carbons (Fsp3) is 0.211. The van der Waals surface area contributed by atoms with Gasteiger partial charge in [0.25, 0.3) is 5.91 Å². The van der Waals surface area contributed by atoms with Crippen molar-refractivity contribution in [3.63, 3.8) is 0 Å². The second-order valence-corrected chi connectivity index (χ2v) is 5.44. The maximum Gasteiger partial charge on any atom is 0.255 e. The second kappa shape index (κ2) is 7.69. The number of para-hydroxylation sites is 1. The lowest BCUT2D eigenvalue weighted by Gasteiger charge is -2.12. The van der Waals surface area contributed by atoms with Crippen molar-refractivity contribution >= 4 is 11.6 Å². The number of ether oxygens (including phenoxy) is 2. The molecule has 0 bridgehead atoms. The van der Waals surface area contributed by atoms with Crippen LogP contribution < -0.4 is 14.8 Å². The van der Waals surface area contributed by atoms with Gasteiger partial charge in [-0.15, -0.1) is 0 Å². The lowest BCUT2D eigenvalue weighted by atomic mass is 10.1. The summed E-state index contributed by atoms with van der Waals surface area (Å²) in [6, 6.07) is 12.3. The highest BCUT2D eigenvalue weighted by Gasteiger charge is 2.15. The van der Waals surface area contributed by atoms with Gasteiger partial charge in [-0.05, 0) is 37.3 Å². The molecule has 1 amide bonds. The smallest absolute Gasteiger partial charge is 0.255 e. The van der Waals surface area contributed by atoms with E-state index in [0.717, 1.165) is 0 Å². The molecule has 0 atom stereocenters. The Labute approximate surface area is 150 Å². The largest absolute Gasteiger partial charge is 0.493 e. The molecule has 7 heteroatoms. The number of carbonyl (C=O) groups excluding carboxylic acids is 1. The lowest BCUT2D eigenvalue weighted by molar-refractivity contribution is 0.102. The highest BCUT2D eigenvalue weighted by molar-refractivity contribution is 6.06. The summed E-state index contributed by atoms with van der Waals surface area (Å²) >= 11 is 0. The van der Waals surface area contributed by atoms with Crippen LogP contribution in [0, 0.1) is 6.92 Å². The predicted octanol–water partition coefficient (Wildman–Crippen LogP) is 3.70. The third-order valence-corrected chi connectivity index (χ3v) is 3.67. The Morgan fingerprint density at radius 3 is 2.69 bits per heavy atom. The molecule has 1 aromatic heterocycles. The van der Waals surface area contributed by atoms with Crippen LogP contribution >= 0.6 is 0 Å². The molecule has 0 saturated heterocycles. The van der Waals surface area contributed by atoms with Gasteiger partial charge in [-0.2, -0.15) is 4.98 Å². The predicted molar refractivity (Wildman–Crippen MR) is 96.6 cm³/mol. The number of aryl methyl sites for hydroxylation is 1. The first-order valence-electron chi connectivity index (χ1n) is 8.14. The van der Waals surface area contributed by atoms with Gasteiger partial charge in [0.05, 0.1) is 19.4 Å². The fourth-order valence-corrected chi connectivity index (χ4v) is 2.47. The Hall–Kier alpha value is -3.35. The van der Waals surface area contributed by atoms with Crippen LogP contribution in [0.4, 0.5) is 5.69 Å².